The van der Waals surface area contributed by atoms with Gasteiger partial charge in [-0.3, -0.25) is 4.79 Å². The predicted octanol–water partition coefficient (Wildman–Crippen LogP) is 0.935. The van der Waals surface area contributed by atoms with Crippen molar-refractivity contribution < 1.29 is 4.79 Å². The van der Waals surface area contributed by atoms with Crippen LogP contribution in [0.25, 0.3) is 0 Å². The smallest absolute Gasteiger partial charge is 0.244 e. The number of rotatable bonds is 5. The second-order valence-corrected chi connectivity index (χ2v) is 3.21. The van der Waals surface area contributed by atoms with Gasteiger partial charge in [-0.2, -0.15) is 0 Å². The molecule has 0 radical (unpaired) electrons. The Morgan fingerprint density at radius 3 is 2.08 bits per heavy atom. The van der Waals surface area contributed by atoms with Gasteiger partial charge < -0.3 is 11.5 Å². The van der Waals surface area contributed by atoms with Gasteiger partial charge in [0, 0.05) is 11.1 Å². The fourth-order valence-corrected chi connectivity index (χ4v) is 1.01. The van der Waals surface area contributed by atoms with E-state index in [-0.39, 0.29) is 5.54 Å². The van der Waals surface area contributed by atoms with Crippen molar-refractivity contribution in [2.45, 2.75) is 38.6 Å². The lowest BCUT2D eigenvalue weighted by atomic mass is 9.87. The summed E-state index contributed by atoms with van der Waals surface area (Å²) in [5.41, 5.74) is 11.1. The lowest BCUT2D eigenvalue weighted by Crippen LogP contribution is -2.40. The van der Waals surface area contributed by atoms with Crippen molar-refractivity contribution in [3.8, 4) is 0 Å². The van der Waals surface area contributed by atoms with Crippen LogP contribution in [0.5, 0.6) is 0 Å². The molecule has 0 saturated heterocycles. The van der Waals surface area contributed by atoms with E-state index in [2.05, 4.69) is 6.58 Å². The molecule has 0 aromatic heterocycles. The van der Waals surface area contributed by atoms with Crippen LogP contribution in [0.3, 0.4) is 0 Å². The van der Waals surface area contributed by atoms with E-state index in [0.29, 0.717) is 12.0 Å². The van der Waals surface area contributed by atoms with E-state index in [1.807, 2.05) is 13.8 Å². The van der Waals surface area contributed by atoms with Gasteiger partial charge in [0.05, 0.1) is 0 Å². The molecule has 0 aliphatic heterocycles. The lowest BCUT2D eigenvalue weighted by Gasteiger charge is -2.26. The zero-order valence-electron chi connectivity index (χ0n) is 7.89. The third-order valence-corrected chi connectivity index (χ3v) is 2.32. The Labute approximate surface area is 73.8 Å². The molecule has 3 heteroatoms. The van der Waals surface area contributed by atoms with Gasteiger partial charge in [0.25, 0.3) is 0 Å². The Kier molecular flexibility index (Phi) is 3.96. The number of hydrogen-bond acceptors (Lipinski definition) is 2. The molecule has 0 atom stereocenters. The Balaban J connectivity index is 4.21. The molecule has 1 amide bonds. The number of nitrogens with two attached hydrogens (primary N) is 2. The molecule has 70 valence electrons. The average molecular weight is 170 g/mol. The highest BCUT2D eigenvalue weighted by molar-refractivity contribution is 5.91. The highest BCUT2D eigenvalue weighted by Crippen LogP contribution is 2.19. The standard InChI is InChI=1S/C9H18N2O/c1-4-9(11,5-2)6-7(3)8(10)12/h3-6,11H2,1-2H3,(H2,10,12). The fourth-order valence-electron chi connectivity index (χ4n) is 1.01. The molecule has 0 heterocycles. The Morgan fingerprint density at radius 1 is 1.42 bits per heavy atom. The number of amides is 1. The molecule has 0 aliphatic rings. The Hall–Kier alpha value is -0.830. The first-order chi connectivity index (χ1) is 5.45. The van der Waals surface area contributed by atoms with Crippen LogP contribution in [0.4, 0.5) is 0 Å². The maximum Gasteiger partial charge on any atom is 0.244 e. The molecule has 4 N–H and O–H groups in total. The first kappa shape index (κ1) is 11.2. The summed E-state index contributed by atoms with van der Waals surface area (Å²) in [6.45, 7) is 7.58. The van der Waals surface area contributed by atoms with Crippen molar-refractivity contribution >= 4 is 5.91 Å². The van der Waals surface area contributed by atoms with Crippen molar-refractivity contribution in [1.29, 1.82) is 0 Å². The van der Waals surface area contributed by atoms with E-state index < -0.39 is 5.91 Å². The minimum Gasteiger partial charge on any atom is -0.366 e. The van der Waals surface area contributed by atoms with Crippen LogP contribution in [0, 0.1) is 0 Å². The van der Waals surface area contributed by atoms with Crippen LogP contribution in [0.1, 0.15) is 33.1 Å². The summed E-state index contributed by atoms with van der Waals surface area (Å²) in [7, 11) is 0. The molecule has 0 saturated carbocycles. The molecule has 0 fully saturated rings. The molecular formula is C9H18N2O. The topological polar surface area (TPSA) is 69.1 Å². The molecule has 0 unspecified atom stereocenters. The van der Waals surface area contributed by atoms with Gasteiger partial charge in [0.1, 0.15) is 0 Å². The van der Waals surface area contributed by atoms with E-state index in [4.69, 9.17) is 11.5 Å². The second kappa shape index (κ2) is 4.26. The molecule has 0 aliphatic carbocycles. The van der Waals surface area contributed by atoms with E-state index in [1.165, 1.54) is 0 Å². The van der Waals surface area contributed by atoms with Gasteiger partial charge >= 0.3 is 0 Å². The minimum atomic E-state index is -0.452. The normalized spacial score (nSPS) is 11.2. The quantitative estimate of drug-likeness (QED) is 0.603. The van der Waals surface area contributed by atoms with Crippen molar-refractivity contribution in [2.24, 2.45) is 11.5 Å². The van der Waals surface area contributed by atoms with Gasteiger partial charge in [-0.25, -0.2) is 0 Å². The first-order valence-electron chi connectivity index (χ1n) is 4.21. The van der Waals surface area contributed by atoms with Crippen LogP contribution < -0.4 is 11.5 Å². The van der Waals surface area contributed by atoms with E-state index in [1.54, 1.807) is 0 Å². The van der Waals surface area contributed by atoms with E-state index >= 15 is 0 Å². The zero-order chi connectivity index (χ0) is 9.78. The maximum atomic E-state index is 10.7. The monoisotopic (exact) mass is 170 g/mol. The van der Waals surface area contributed by atoms with E-state index in [0.717, 1.165) is 12.8 Å². The summed E-state index contributed by atoms with van der Waals surface area (Å²) in [5.74, 6) is -0.452. The molecule has 12 heavy (non-hydrogen) atoms. The SMILES string of the molecule is C=C(CC(N)(CC)CC)C(N)=O. The largest absolute Gasteiger partial charge is 0.366 e. The predicted molar refractivity (Wildman–Crippen MR) is 50.5 cm³/mol. The van der Waals surface area contributed by atoms with Crippen molar-refractivity contribution in [3.63, 3.8) is 0 Å². The Morgan fingerprint density at radius 2 is 1.83 bits per heavy atom. The van der Waals surface area contributed by atoms with Crippen molar-refractivity contribution in [3.05, 3.63) is 12.2 Å². The van der Waals surface area contributed by atoms with Crippen LogP contribution >= 0.6 is 0 Å². The highest BCUT2D eigenvalue weighted by Gasteiger charge is 2.22. The van der Waals surface area contributed by atoms with Crippen LogP contribution in [0.2, 0.25) is 0 Å². The van der Waals surface area contributed by atoms with Gasteiger partial charge in [0.15, 0.2) is 0 Å². The third kappa shape index (κ3) is 3.05. The lowest BCUT2D eigenvalue weighted by molar-refractivity contribution is -0.114. The van der Waals surface area contributed by atoms with Gasteiger partial charge in [0.2, 0.25) is 5.91 Å². The maximum absolute atomic E-state index is 10.7. The zero-order valence-corrected chi connectivity index (χ0v) is 7.89. The molecule has 0 rings (SSSR count). The van der Waals surface area contributed by atoms with Crippen LogP contribution in [0.15, 0.2) is 12.2 Å². The Bertz CT molecular complexity index is 183. The molecular weight excluding hydrogens is 152 g/mol. The number of hydrogen-bond donors (Lipinski definition) is 2. The number of primary amides is 1. The van der Waals surface area contributed by atoms with E-state index in [9.17, 15) is 4.79 Å². The second-order valence-electron chi connectivity index (χ2n) is 3.21. The molecule has 0 bridgehead atoms. The van der Waals surface area contributed by atoms with Crippen LogP contribution in [-0.4, -0.2) is 11.4 Å². The number of carbonyl (C=O) groups is 1. The van der Waals surface area contributed by atoms with Gasteiger partial charge in [-0.15, -0.1) is 0 Å². The first-order valence-corrected chi connectivity index (χ1v) is 4.21. The number of carbonyl (C=O) groups excluding carboxylic acids is 1. The molecule has 0 aromatic rings. The minimum absolute atomic E-state index is 0.313. The van der Waals surface area contributed by atoms with Crippen molar-refractivity contribution in [1.82, 2.24) is 0 Å². The van der Waals surface area contributed by atoms with Crippen LogP contribution in [-0.2, 0) is 4.79 Å². The van der Waals surface area contributed by atoms with Gasteiger partial charge in [-0.1, -0.05) is 20.4 Å². The summed E-state index contributed by atoms with van der Waals surface area (Å²) >= 11 is 0. The summed E-state index contributed by atoms with van der Waals surface area (Å²) in [6.07, 6.45) is 2.15. The fraction of sp³-hybridized carbons (Fsp3) is 0.667. The molecule has 3 nitrogen and oxygen atoms in total. The summed E-state index contributed by atoms with van der Waals surface area (Å²) in [5, 5.41) is 0. The summed E-state index contributed by atoms with van der Waals surface area (Å²) in [4.78, 5) is 10.7. The van der Waals surface area contributed by atoms with Gasteiger partial charge in [-0.05, 0) is 19.3 Å². The molecule has 0 spiro atoms. The average Bonchev–Trinajstić information content (AvgIpc) is 2.04. The summed E-state index contributed by atoms with van der Waals surface area (Å²) in [6, 6.07) is 0. The van der Waals surface area contributed by atoms with Crippen molar-refractivity contribution in [2.75, 3.05) is 0 Å². The third-order valence-electron chi connectivity index (χ3n) is 2.32. The highest BCUT2D eigenvalue weighted by atomic mass is 16.1. The molecule has 0 aromatic carbocycles. The summed E-state index contributed by atoms with van der Waals surface area (Å²) < 4.78 is 0.